The summed E-state index contributed by atoms with van der Waals surface area (Å²) in [6.45, 7) is 0.141. The van der Waals surface area contributed by atoms with E-state index in [0.29, 0.717) is 40.3 Å². The van der Waals surface area contributed by atoms with Gasteiger partial charge in [0.25, 0.3) is 0 Å². The number of nitrogens with zero attached hydrogens (tertiary/aromatic N) is 2. The lowest BCUT2D eigenvalue weighted by molar-refractivity contribution is -0.274. The second kappa shape index (κ2) is 11.3. The topological polar surface area (TPSA) is 47.6 Å². The number of ether oxygens (including phenoxy) is 1. The number of halogens is 7. The molecule has 1 aliphatic carbocycles. The normalized spacial score (nSPS) is 13.2. The number of thiocarbonyl (C=S) groups is 1. The predicted molar refractivity (Wildman–Crippen MR) is 147 cm³/mol. The molecule has 0 saturated carbocycles. The molecule has 3 aromatic carbocycles. The van der Waals surface area contributed by atoms with Crippen LogP contribution in [0.4, 0.5) is 26.3 Å². The Balaban J connectivity index is 1.26. The Bertz CT molecular complexity index is 1630. The van der Waals surface area contributed by atoms with Crippen LogP contribution in [-0.2, 0) is 25.4 Å². The Morgan fingerprint density at radius 2 is 1.76 bits per heavy atom. The van der Waals surface area contributed by atoms with Crippen molar-refractivity contribution in [1.82, 2.24) is 5.16 Å². The molecular formula is C29H19ClF6N2O2S. The molecule has 0 aliphatic heterocycles. The van der Waals surface area contributed by atoms with Gasteiger partial charge in [-0.15, -0.1) is 13.2 Å². The Hall–Kier alpha value is -3.70. The van der Waals surface area contributed by atoms with E-state index in [2.05, 4.69) is 14.9 Å². The summed E-state index contributed by atoms with van der Waals surface area (Å²) in [5, 5.41) is 4.43. The van der Waals surface area contributed by atoms with Crippen molar-refractivity contribution in [1.29, 1.82) is 0 Å². The molecule has 41 heavy (non-hydrogen) atoms. The van der Waals surface area contributed by atoms with Crippen LogP contribution in [0.25, 0.3) is 22.6 Å². The third-order valence-corrected chi connectivity index (χ3v) is 7.08. The Kier molecular flexibility index (Phi) is 7.93. The van der Waals surface area contributed by atoms with Crippen molar-refractivity contribution in [2.45, 2.75) is 31.8 Å². The highest BCUT2D eigenvalue weighted by atomic mass is 35.5. The van der Waals surface area contributed by atoms with Gasteiger partial charge in [-0.3, -0.25) is 4.99 Å². The van der Waals surface area contributed by atoms with Gasteiger partial charge in [0.15, 0.2) is 5.76 Å². The second-order valence-electron chi connectivity index (χ2n) is 9.32. The van der Waals surface area contributed by atoms with E-state index in [-0.39, 0.29) is 23.7 Å². The molecule has 4 nitrogen and oxygen atoms in total. The maximum atomic E-state index is 13.0. The lowest BCUT2D eigenvalue weighted by Gasteiger charge is -2.16. The van der Waals surface area contributed by atoms with Crippen LogP contribution >= 0.6 is 23.8 Å². The average Bonchev–Trinajstić information content (AvgIpc) is 3.33. The van der Waals surface area contributed by atoms with Crippen molar-refractivity contribution in [3.05, 3.63) is 93.5 Å². The summed E-state index contributed by atoms with van der Waals surface area (Å²) in [6.07, 6.45) is -6.21. The molecule has 212 valence electrons. The largest absolute Gasteiger partial charge is 0.573 e. The molecule has 4 aromatic rings. The minimum atomic E-state index is -4.77. The van der Waals surface area contributed by atoms with Crippen molar-refractivity contribution in [2.75, 3.05) is 6.54 Å². The van der Waals surface area contributed by atoms with Crippen molar-refractivity contribution >= 4 is 34.9 Å². The lowest BCUT2D eigenvalue weighted by atomic mass is 9.87. The molecular weight excluding hydrogens is 590 g/mol. The first-order valence-corrected chi connectivity index (χ1v) is 13.0. The van der Waals surface area contributed by atoms with E-state index in [1.165, 1.54) is 30.3 Å². The summed E-state index contributed by atoms with van der Waals surface area (Å²) in [4.78, 5) is 4.80. The lowest BCUT2D eigenvalue weighted by Crippen LogP contribution is -2.16. The number of aromatic nitrogens is 1. The van der Waals surface area contributed by atoms with Crippen LogP contribution in [0.5, 0.6) is 5.75 Å². The minimum absolute atomic E-state index is 0.0922. The first-order chi connectivity index (χ1) is 19.4. The summed E-state index contributed by atoms with van der Waals surface area (Å²) in [6, 6.07) is 14.3. The van der Waals surface area contributed by atoms with Gasteiger partial charge in [-0.2, -0.15) is 13.2 Å². The summed E-state index contributed by atoms with van der Waals surface area (Å²) >= 11 is 11.4. The molecule has 1 heterocycles. The Morgan fingerprint density at radius 3 is 2.46 bits per heavy atom. The van der Waals surface area contributed by atoms with Crippen molar-refractivity contribution in [3.8, 4) is 28.3 Å². The molecule has 0 saturated heterocycles. The minimum Gasteiger partial charge on any atom is -0.406 e. The van der Waals surface area contributed by atoms with Gasteiger partial charge in [0.1, 0.15) is 11.4 Å². The van der Waals surface area contributed by atoms with Gasteiger partial charge in [-0.1, -0.05) is 41.1 Å². The number of rotatable bonds is 7. The van der Waals surface area contributed by atoms with Gasteiger partial charge in [0.2, 0.25) is 0 Å². The molecule has 0 spiro atoms. The number of fused-ring (bicyclic) bond motifs is 3. The average molecular weight is 609 g/mol. The quantitative estimate of drug-likeness (QED) is 0.120. The highest BCUT2D eigenvalue weighted by molar-refractivity contribution is 7.80. The van der Waals surface area contributed by atoms with Crippen LogP contribution in [-0.4, -0.2) is 29.1 Å². The predicted octanol–water partition coefficient (Wildman–Crippen LogP) is 8.71. The number of aliphatic imine (C=N–C) groups is 1. The van der Waals surface area contributed by atoms with E-state index in [0.717, 1.165) is 34.4 Å². The fourth-order valence-electron chi connectivity index (χ4n) is 4.59. The summed E-state index contributed by atoms with van der Waals surface area (Å²) in [7, 11) is 0. The molecule has 0 fully saturated rings. The maximum Gasteiger partial charge on any atom is 0.573 e. The summed E-state index contributed by atoms with van der Waals surface area (Å²) < 4.78 is 85.9. The number of benzene rings is 3. The Morgan fingerprint density at radius 1 is 1.00 bits per heavy atom. The molecule has 0 amide bonds. The Labute approximate surface area is 240 Å². The van der Waals surface area contributed by atoms with E-state index in [9.17, 15) is 26.3 Å². The number of aryl methyl sites for hydroxylation is 1. The number of hydrogen-bond donors (Lipinski definition) is 0. The fourth-order valence-corrected chi connectivity index (χ4v) is 5.00. The smallest absolute Gasteiger partial charge is 0.406 e. The zero-order valence-electron chi connectivity index (χ0n) is 20.9. The van der Waals surface area contributed by atoms with E-state index < -0.39 is 18.1 Å². The molecule has 0 atom stereocenters. The highest BCUT2D eigenvalue weighted by Gasteiger charge is 2.32. The molecule has 0 N–H and O–H groups in total. The number of alkyl halides is 6. The van der Waals surface area contributed by atoms with E-state index in [4.69, 9.17) is 28.3 Å². The SMILES string of the molecule is FC(F)(F)Oc1ccc(-c2onc3c2CCc2cc(C=NCC(=S)Cc4cc(C(F)(F)F)ccc4Cl)ccc2-3)cc1. The highest BCUT2D eigenvalue weighted by Crippen LogP contribution is 2.39. The summed E-state index contributed by atoms with van der Waals surface area (Å²) in [5.74, 6) is 0.165. The van der Waals surface area contributed by atoms with Crippen LogP contribution < -0.4 is 4.74 Å². The molecule has 1 aromatic heterocycles. The monoisotopic (exact) mass is 608 g/mol. The van der Waals surface area contributed by atoms with Gasteiger partial charge in [0.05, 0.1) is 12.1 Å². The zero-order valence-corrected chi connectivity index (χ0v) is 22.5. The molecule has 1 aliphatic rings. The molecule has 0 unspecified atom stereocenters. The van der Waals surface area contributed by atoms with Crippen LogP contribution in [0.2, 0.25) is 5.02 Å². The van der Waals surface area contributed by atoms with E-state index in [1.807, 2.05) is 18.2 Å². The van der Waals surface area contributed by atoms with Crippen molar-refractivity contribution in [3.63, 3.8) is 0 Å². The molecule has 0 bridgehead atoms. The molecule has 0 radical (unpaired) electrons. The van der Waals surface area contributed by atoms with Crippen molar-refractivity contribution in [2.24, 2.45) is 4.99 Å². The fraction of sp³-hybridized carbons (Fsp3) is 0.207. The van der Waals surface area contributed by atoms with Gasteiger partial charge < -0.3 is 9.26 Å². The third-order valence-electron chi connectivity index (χ3n) is 6.44. The first-order valence-electron chi connectivity index (χ1n) is 12.2. The number of hydrogen-bond acceptors (Lipinski definition) is 5. The van der Waals surface area contributed by atoms with Gasteiger partial charge in [0, 0.05) is 39.2 Å². The summed E-state index contributed by atoms with van der Waals surface area (Å²) in [5.41, 5.74) is 4.34. The van der Waals surface area contributed by atoms with Crippen LogP contribution in [0.1, 0.15) is 27.8 Å². The van der Waals surface area contributed by atoms with Crippen LogP contribution in [0, 0.1) is 0 Å². The van der Waals surface area contributed by atoms with E-state index >= 15 is 0 Å². The van der Waals surface area contributed by atoms with Crippen molar-refractivity contribution < 1.29 is 35.6 Å². The van der Waals surface area contributed by atoms with Crippen LogP contribution in [0.15, 0.2) is 70.2 Å². The standard InChI is InChI=1S/C29H19ClF6N2O2S/c30-25-10-5-20(28(31,32)33)12-19(25)13-22(41)15-37-14-16-1-8-23-18(11-16)4-9-24-26(23)38-40-27(24)17-2-6-21(7-3-17)39-29(34,35)36/h1-3,5-8,10-12,14H,4,9,13,15H2. The maximum absolute atomic E-state index is 13.0. The zero-order chi connectivity index (χ0) is 29.4. The first kappa shape index (κ1) is 28.8. The second-order valence-corrected chi connectivity index (χ2v) is 10.3. The van der Waals surface area contributed by atoms with Crippen LogP contribution in [0.3, 0.4) is 0 Å². The van der Waals surface area contributed by atoms with Gasteiger partial charge >= 0.3 is 12.5 Å². The molecule has 5 rings (SSSR count). The molecule has 12 heteroatoms. The van der Waals surface area contributed by atoms with Gasteiger partial charge in [-0.05, 0) is 78.1 Å². The van der Waals surface area contributed by atoms with E-state index in [1.54, 1.807) is 6.21 Å². The third kappa shape index (κ3) is 6.79. The van der Waals surface area contributed by atoms with Gasteiger partial charge in [-0.25, -0.2) is 0 Å².